The van der Waals surface area contributed by atoms with E-state index >= 15 is 0 Å². The zero-order valence-electron chi connectivity index (χ0n) is 17.9. The third kappa shape index (κ3) is 3.69. The van der Waals surface area contributed by atoms with Gasteiger partial charge in [-0.05, 0) is 73.2 Å². The van der Waals surface area contributed by atoms with Gasteiger partial charge < -0.3 is 4.55 Å². The maximum Gasteiger partial charge on any atom is 0.166 e. The SMILES string of the molecule is Cc1ccc([S+]([O-])c2ccc(C)c(C)c2-c2ccccc2)c(-c2ccccc2)c1C. The smallest absolute Gasteiger partial charge is 0.166 e. The summed E-state index contributed by atoms with van der Waals surface area (Å²) < 4.78 is 14.1. The predicted octanol–water partition coefficient (Wildman–Crippen LogP) is 7.42. The van der Waals surface area contributed by atoms with Crippen LogP contribution in [0.2, 0.25) is 0 Å². The lowest BCUT2D eigenvalue weighted by atomic mass is 9.97. The highest BCUT2D eigenvalue weighted by atomic mass is 32.2. The molecule has 0 saturated heterocycles. The Morgan fingerprint density at radius 3 is 1.23 bits per heavy atom. The van der Waals surface area contributed by atoms with Gasteiger partial charge in [0, 0.05) is 22.3 Å². The van der Waals surface area contributed by atoms with Crippen molar-refractivity contribution in [3.63, 3.8) is 0 Å². The van der Waals surface area contributed by atoms with Crippen LogP contribution < -0.4 is 0 Å². The summed E-state index contributed by atoms with van der Waals surface area (Å²) in [6.07, 6.45) is 0. The van der Waals surface area contributed by atoms with E-state index in [1.807, 2.05) is 48.5 Å². The molecule has 2 heteroatoms. The number of benzene rings is 4. The van der Waals surface area contributed by atoms with Crippen molar-refractivity contribution in [1.82, 2.24) is 0 Å². The van der Waals surface area contributed by atoms with Gasteiger partial charge in [0.2, 0.25) is 0 Å². The Hall–Kier alpha value is -2.81. The first-order chi connectivity index (χ1) is 14.5. The molecular weight excluding hydrogens is 384 g/mol. The Morgan fingerprint density at radius 2 is 0.867 bits per heavy atom. The largest absolute Gasteiger partial charge is 0.606 e. The minimum Gasteiger partial charge on any atom is -0.606 e. The summed E-state index contributed by atoms with van der Waals surface area (Å²) in [5.41, 5.74) is 9.13. The number of hydrogen-bond acceptors (Lipinski definition) is 1. The van der Waals surface area contributed by atoms with Crippen LogP contribution in [-0.4, -0.2) is 4.55 Å². The normalized spacial score (nSPS) is 11.1. The van der Waals surface area contributed by atoms with Crippen molar-refractivity contribution in [2.45, 2.75) is 37.5 Å². The van der Waals surface area contributed by atoms with Gasteiger partial charge in [-0.3, -0.25) is 0 Å². The Labute approximate surface area is 182 Å². The number of rotatable bonds is 4. The third-order valence-electron chi connectivity index (χ3n) is 5.92. The fourth-order valence-corrected chi connectivity index (χ4v) is 5.47. The molecule has 0 fully saturated rings. The van der Waals surface area contributed by atoms with E-state index in [9.17, 15) is 4.55 Å². The van der Waals surface area contributed by atoms with Crippen molar-refractivity contribution in [1.29, 1.82) is 0 Å². The molecular formula is C28H26OS. The zero-order chi connectivity index (χ0) is 21.3. The Bertz CT molecular complexity index is 1090. The lowest BCUT2D eigenvalue weighted by molar-refractivity contribution is 0.595. The van der Waals surface area contributed by atoms with E-state index in [0.717, 1.165) is 32.0 Å². The van der Waals surface area contributed by atoms with E-state index in [-0.39, 0.29) is 0 Å². The van der Waals surface area contributed by atoms with Crippen molar-refractivity contribution < 1.29 is 4.55 Å². The topological polar surface area (TPSA) is 23.1 Å². The molecule has 0 saturated carbocycles. The fraction of sp³-hybridized carbons (Fsp3) is 0.143. The van der Waals surface area contributed by atoms with Crippen molar-refractivity contribution in [3.8, 4) is 22.3 Å². The Morgan fingerprint density at radius 1 is 0.500 bits per heavy atom. The van der Waals surface area contributed by atoms with Gasteiger partial charge in [0.1, 0.15) is 0 Å². The zero-order valence-corrected chi connectivity index (χ0v) is 18.7. The van der Waals surface area contributed by atoms with Crippen LogP contribution >= 0.6 is 0 Å². The van der Waals surface area contributed by atoms with E-state index in [2.05, 4.69) is 64.1 Å². The van der Waals surface area contributed by atoms with E-state index in [1.165, 1.54) is 22.3 Å². The molecule has 1 nitrogen and oxygen atoms in total. The summed E-state index contributed by atoms with van der Waals surface area (Å²) in [5, 5.41) is 0. The van der Waals surface area contributed by atoms with Gasteiger partial charge in [0.25, 0.3) is 0 Å². The average Bonchev–Trinajstić information content (AvgIpc) is 2.78. The first kappa shape index (κ1) is 20.5. The molecule has 0 N–H and O–H groups in total. The van der Waals surface area contributed by atoms with Crippen molar-refractivity contribution in [2.75, 3.05) is 0 Å². The molecule has 0 aliphatic carbocycles. The van der Waals surface area contributed by atoms with Crippen molar-refractivity contribution >= 4 is 11.2 Å². The van der Waals surface area contributed by atoms with Crippen molar-refractivity contribution in [3.05, 3.63) is 107 Å². The average molecular weight is 411 g/mol. The van der Waals surface area contributed by atoms with E-state index in [1.54, 1.807) is 0 Å². The number of hydrogen-bond donors (Lipinski definition) is 0. The third-order valence-corrected chi connectivity index (χ3v) is 7.40. The molecule has 0 radical (unpaired) electrons. The molecule has 0 heterocycles. The molecule has 0 amide bonds. The van der Waals surface area contributed by atoms with Gasteiger partial charge in [0.15, 0.2) is 9.79 Å². The fourth-order valence-electron chi connectivity index (χ4n) is 3.94. The molecule has 0 aliphatic rings. The highest BCUT2D eigenvalue weighted by Gasteiger charge is 2.26. The van der Waals surface area contributed by atoms with Gasteiger partial charge in [-0.2, -0.15) is 0 Å². The van der Waals surface area contributed by atoms with Gasteiger partial charge in [-0.1, -0.05) is 72.8 Å². The molecule has 4 aromatic rings. The summed E-state index contributed by atoms with van der Waals surface area (Å²) >= 11 is -1.31. The second kappa shape index (κ2) is 8.51. The second-order valence-electron chi connectivity index (χ2n) is 7.76. The van der Waals surface area contributed by atoms with Crippen LogP contribution in [0.3, 0.4) is 0 Å². The molecule has 0 bridgehead atoms. The quantitative estimate of drug-likeness (QED) is 0.321. The summed E-state index contributed by atoms with van der Waals surface area (Å²) in [4.78, 5) is 1.73. The summed E-state index contributed by atoms with van der Waals surface area (Å²) in [5.74, 6) is 0. The van der Waals surface area contributed by atoms with E-state index in [0.29, 0.717) is 0 Å². The van der Waals surface area contributed by atoms with Gasteiger partial charge in [-0.25, -0.2) is 0 Å². The van der Waals surface area contributed by atoms with Crippen LogP contribution in [0.15, 0.2) is 94.7 Å². The minimum absolute atomic E-state index is 0.865. The highest BCUT2D eigenvalue weighted by molar-refractivity contribution is 7.91. The lowest BCUT2D eigenvalue weighted by Gasteiger charge is -2.21. The van der Waals surface area contributed by atoms with Crippen LogP contribution in [-0.2, 0) is 11.2 Å². The van der Waals surface area contributed by atoms with Crippen LogP contribution in [0, 0.1) is 27.7 Å². The van der Waals surface area contributed by atoms with Crippen LogP contribution in [0.4, 0.5) is 0 Å². The van der Waals surface area contributed by atoms with Crippen LogP contribution in [0.5, 0.6) is 0 Å². The summed E-state index contributed by atoms with van der Waals surface area (Å²) in [7, 11) is 0. The summed E-state index contributed by atoms with van der Waals surface area (Å²) in [6.45, 7) is 8.47. The minimum atomic E-state index is -1.31. The monoisotopic (exact) mass is 410 g/mol. The molecule has 4 rings (SSSR count). The molecule has 0 spiro atoms. The Balaban J connectivity index is 1.95. The molecule has 0 atom stereocenters. The van der Waals surface area contributed by atoms with Crippen molar-refractivity contribution in [2.24, 2.45) is 0 Å². The van der Waals surface area contributed by atoms with Crippen LogP contribution in [0.1, 0.15) is 22.3 Å². The first-order valence-electron chi connectivity index (χ1n) is 10.2. The van der Waals surface area contributed by atoms with Gasteiger partial charge in [0.05, 0.1) is 0 Å². The molecule has 0 aromatic heterocycles. The molecule has 30 heavy (non-hydrogen) atoms. The maximum absolute atomic E-state index is 14.1. The second-order valence-corrected chi connectivity index (χ2v) is 9.18. The van der Waals surface area contributed by atoms with Gasteiger partial charge >= 0.3 is 0 Å². The standard InChI is InChI=1S/C28H26OS/c1-19-15-17-25(27(21(19)3)23-11-7-5-8-12-23)30(29)26-18-16-20(2)22(4)28(26)24-13-9-6-10-14-24/h5-18H,1-4H3. The molecule has 4 aromatic carbocycles. The molecule has 150 valence electrons. The summed E-state index contributed by atoms with van der Waals surface area (Å²) in [6, 6.07) is 28.8. The maximum atomic E-state index is 14.1. The van der Waals surface area contributed by atoms with E-state index in [4.69, 9.17) is 0 Å². The first-order valence-corrected chi connectivity index (χ1v) is 11.4. The highest BCUT2D eigenvalue weighted by Crippen LogP contribution is 2.40. The Kier molecular flexibility index (Phi) is 5.80. The number of aryl methyl sites for hydroxylation is 2. The van der Waals surface area contributed by atoms with Gasteiger partial charge in [-0.15, -0.1) is 0 Å². The molecule has 0 aliphatic heterocycles. The predicted molar refractivity (Wildman–Crippen MR) is 127 cm³/mol. The molecule has 0 unspecified atom stereocenters. The lowest BCUT2D eigenvalue weighted by Crippen LogP contribution is -2.09. The van der Waals surface area contributed by atoms with Crippen LogP contribution in [0.25, 0.3) is 22.3 Å². The van der Waals surface area contributed by atoms with E-state index < -0.39 is 11.2 Å².